The van der Waals surface area contributed by atoms with Crippen molar-refractivity contribution in [1.82, 2.24) is 4.98 Å². The van der Waals surface area contributed by atoms with E-state index in [1.807, 2.05) is 13.0 Å². The van der Waals surface area contributed by atoms with Gasteiger partial charge in [-0.1, -0.05) is 0 Å². The van der Waals surface area contributed by atoms with E-state index in [2.05, 4.69) is 9.88 Å². The molecule has 0 aliphatic carbocycles. The summed E-state index contributed by atoms with van der Waals surface area (Å²) in [4.78, 5) is 6.25. The van der Waals surface area contributed by atoms with Gasteiger partial charge in [0.1, 0.15) is 11.5 Å². The van der Waals surface area contributed by atoms with Gasteiger partial charge in [0.25, 0.3) is 0 Å². The number of aromatic nitrogens is 1. The summed E-state index contributed by atoms with van der Waals surface area (Å²) in [7, 11) is 0. The predicted molar refractivity (Wildman–Crippen MR) is 68.9 cm³/mol. The van der Waals surface area contributed by atoms with Gasteiger partial charge < -0.3 is 20.5 Å². The molecule has 1 aliphatic rings. The fourth-order valence-electron chi connectivity index (χ4n) is 2.09. The van der Waals surface area contributed by atoms with Crippen LogP contribution in [0.25, 0.3) is 0 Å². The lowest BCUT2D eigenvalue weighted by Gasteiger charge is -2.37. The predicted octanol–water partition coefficient (Wildman–Crippen LogP) is -0.0483. The van der Waals surface area contributed by atoms with Gasteiger partial charge in [-0.05, 0) is 19.1 Å². The van der Waals surface area contributed by atoms with Crippen molar-refractivity contribution in [2.45, 2.75) is 19.1 Å². The van der Waals surface area contributed by atoms with E-state index in [1.165, 1.54) is 0 Å². The molecular formula is C12H18N4O2. The fraction of sp³-hybridized carbons (Fsp3) is 0.500. The van der Waals surface area contributed by atoms with E-state index in [-0.39, 0.29) is 24.7 Å². The van der Waals surface area contributed by atoms with Gasteiger partial charge in [-0.2, -0.15) is 0 Å². The summed E-state index contributed by atoms with van der Waals surface area (Å²) in [6.07, 6.45) is 1.60. The molecule has 0 bridgehead atoms. The second-order valence-electron chi connectivity index (χ2n) is 4.47. The highest BCUT2D eigenvalue weighted by molar-refractivity contribution is 5.93. The second kappa shape index (κ2) is 5.32. The van der Waals surface area contributed by atoms with Crippen LogP contribution in [0.3, 0.4) is 0 Å². The Kier molecular flexibility index (Phi) is 3.78. The highest BCUT2D eigenvalue weighted by atomic mass is 16.5. The van der Waals surface area contributed by atoms with Gasteiger partial charge in [0.15, 0.2) is 0 Å². The van der Waals surface area contributed by atoms with E-state index < -0.39 is 0 Å². The van der Waals surface area contributed by atoms with Crippen LogP contribution < -0.4 is 10.6 Å². The van der Waals surface area contributed by atoms with Crippen molar-refractivity contribution in [3.05, 3.63) is 24.0 Å². The first-order valence-corrected chi connectivity index (χ1v) is 5.92. The van der Waals surface area contributed by atoms with Crippen LogP contribution in [0.1, 0.15) is 12.6 Å². The van der Waals surface area contributed by atoms with Gasteiger partial charge in [-0.25, -0.2) is 0 Å². The maximum atomic E-state index is 9.18. The number of amidine groups is 1. The number of rotatable bonds is 3. The molecule has 2 atom stereocenters. The fourth-order valence-corrected chi connectivity index (χ4v) is 2.09. The van der Waals surface area contributed by atoms with Crippen molar-refractivity contribution in [3.8, 4) is 0 Å². The Bertz CT molecular complexity index is 421. The molecular weight excluding hydrogens is 232 g/mol. The van der Waals surface area contributed by atoms with Crippen LogP contribution in [0.2, 0.25) is 0 Å². The zero-order valence-electron chi connectivity index (χ0n) is 10.3. The average molecular weight is 250 g/mol. The number of hydrogen-bond acceptors (Lipinski definition) is 5. The van der Waals surface area contributed by atoms with Gasteiger partial charge in [0.05, 0.1) is 30.7 Å². The molecule has 0 radical (unpaired) electrons. The summed E-state index contributed by atoms with van der Waals surface area (Å²) in [6.45, 7) is 3.39. The van der Waals surface area contributed by atoms with E-state index in [0.717, 1.165) is 12.2 Å². The van der Waals surface area contributed by atoms with E-state index in [0.29, 0.717) is 12.2 Å². The molecule has 0 spiro atoms. The number of aliphatic hydroxyl groups excluding tert-OH is 1. The third kappa shape index (κ3) is 2.77. The minimum atomic E-state index is -0.166. The summed E-state index contributed by atoms with van der Waals surface area (Å²) in [5.74, 6) is -0.0369. The summed E-state index contributed by atoms with van der Waals surface area (Å²) in [5.41, 5.74) is 6.79. The number of nitrogens with one attached hydrogen (secondary N) is 1. The molecule has 1 aromatic heterocycles. The highest BCUT2D eigenvalue weighted by Crippen LogP contribution is 2.19. The van der Waals surface area contributed by atoms with Crippen molar-refractivity contribution in [3.63, 3.8) is 0 Å². The SMILES string of the molecule is CC1CN(c2ccc(C(=N)N)nc2)CC(CO)O1. The molecule has 2 heterocycles. The maximum Gasteiger partial charge on any atom is 0.141 e. The number of nitrogens with zero attached hydrogens (tertiary/aromatic N) is 2. The van der Waals surface area contributed by atoms with Crippen LogP contribution in [0, 0.1) is 5.41 Å². The molecule has 1 aliphatic heterocycles. The lowest BCUT2D eigenvalue weighted by atomic mass is 10.2. The normalized spacial score (nSPS) is 24.0. The monoisotopic (exact) mass is 250 g/mol. The summed E-state index contributed by atoms with van der Waals surface area (Å²) < 4.78 is 5.58. The van der Waals surface area contributed by atoms with Crippen LogP contribution in [0.15, 0.2) is 18.3 Å². The zero-order valence-corrected chi connectivity index (χ0v) is 10.3. The first-order chi connectivity index (χ1) is 8.60. The number of pyridine rings is 1. The molecule has 2 unspecified atom stereocenters. The van der Waals surface area contributed by atoms with E-state index in [4.69, 9.17) is 15.9 Å². The Balaban J connectivity index is 2.12. The molecule has 6 heteroatoms. The summed E-state index contributed by atoms with van der Waals surface area (Å²) in [5, 5.41) is 16.5. The molecule has 1 fully saturated rings. The van der Waals surface area contributed by atoms with E-state index >= 15 is 0 Å². The van der Waals surface area contributed by atoms with Crippen LogP contribution in [-0.4, -0.2) is 47.8 Å². The number of anilines is 1. The highest BCUT2D eigenvalue weighted by Gasteiger charge is 2.24. The Morgan fingerprint density at radius 1 is 1.61 bits per heavy atom. The Hall–Kier alpha value is -1.66. The smallest absolute Gasteiger partial charge is 0.141 e. The molecule has 1 aromatic rings. The molecule has 0 aromatic carbocycles. The van der Waals surface area contributed by atoms with E-state index in [9.17, 15) is 5.11 Å². The lowest BCUT2D eigenvalue weighted by molar-refractivity contribution is -0.0421. The molecule has 0 saturated carbocycles. The van der Waals surface area contributed by atoms with Crippen LogP contribution in [0.5, 0.6) is 0 Å². The van der Waals surface area contributed by atoms with Crippen molar-refractivity contribution in [2.75, 3.05) is 24.6 Å². The first kappa shape index (κ1) is 12.8. The minimum Gasteiger partial charge on any atom is -0.394 e. The Morgan fingerprint density at radius 3 is 2.94 bits per heavy atom. The van der Waals surface area contributed by atoms with Crippen molar-refractivity contribution in [1.29, 1.82) is 5.41 Å². The first-order valence-electron chi connectivity index (χ1n) is 5.92. The van der Waals surface area contributed by atoms with E-state index in [1.54, 1.807) is 12.3 Å². The minimum absolute atomic E-state index is 0.0137. The molecule has 1 saturated heterocycles. The Labute approximate surface area is 106 Å². The number of nitrogen functional groups attached to an aromatic ring is 1. The van der Waals surface area contributed by atoms with Crippen LogP contribution in [-0.2, 0) is 4.74 Å². The van der Waals surface area contributed by atoms with Crippen molar-refractivity contribution in [2.24, 2.45) is 5.73 Å². The number of morpholine rings is 1. The molecule has 98 valence electrons. The third-order valence-electron chi connectivity index (χ3n) is 2.92. The number of nitrogens with two attached hydrogens (primary N) is 1. The molecule has 2 rings (SSSR count). The third-order valence-corrected chi connectivity index (χ3v) is 2.92. The second-order valence-corrected chi connectivity index (χ2v) is 4.47. The summed E-state index contributed by atoms with van der Waals surface area (Å²) in [6, 6.07) is 3.61. The van der Waals surface area contributed by atoms with Crippen LogP contribution >= 0.6 is 0 Å². The quantitative estimate of drug-likeness (QED) is 0.516. The molecule has 6 nitrogen and oxygen atoms in total. The maximum absolute atomic E-state index is 9.18. The number of aliphatic hydroxyl groups is 1. The average Bonchev–Trinajstić information content (AvgIpc) is 2.38. The lowest BCUT2D eigenvalue weighted by Crippen LogP contribution is -2.48. The van der Waals surface area contributed by atoms with Crippen molar-refractivity contribution < 1.29 is 9.84 Å². The molecule has 18 heavy (non-hydrogen) atoms. The molecule has 4 N–H and O–H groups in total. The van der Waals surface area contributed by atoms with Gasteiger partial charge in [0, 0.05) is 13.1 Å². The largest absolute Gasteiger partial charge is 0.394 e. The number of hydrogen-bond donors (Lipinski definition) is 3. The van der Waals surface area contributed by atoms with Crippen molar-refractivity contribution >= 4 is 11.5 Å². The number of ether oxygens (including phenoxy) is 1. The molecule has 0 amide bonds. The van der Waals surface area contributed by atoms with Crippen LogP contribution in [0.4, 0.5) is 5.69 Å². The topological polar surface area (TPSA) is 95.5 Å². The van der Waals surface area contributed by atoms with Gasteiger partial charge in [-0.15, -0.1) is 0 Å². The Morgan fingerprint density at radius 2 is 2.39 bits per heavy atom. The van der Waals surface area contributed by atoms with Gasteiger partial charge >= 0.3 is 0 Å². The zero-order chi connectivity index (χ0) is 13.1. The summed E-state index contributed by atoms with van der Waals surface area (Å²) >= 11 is 0. The standard InChI is InChI=1S/C12H18N4O2/c1-8-5-16(6-10(7-17)18-8)9-2-3-11(12(13)14)15-4-9/h2-4,8,10,17H,5-7H2,1H3,(H3,13,14). The van der Waals surface area contributed by atoms with Gasteiger partial charge in [-0.3, -0.25) is 10.4 Å². The van der Waals surface area contributed by atoms with Gasteiger partial charge in [0.2, 0.25) is 0 Å².